The van der Waals surface area contributed by atoms with Crippen LogP contribution in [0.3, 0.4) is 0 Å². The van der Waals surface area contributed by atoms with Crippen molar-refractivity contribution in [2.45, 2.75) is 58.2 Å². The molecule has 0 aromatic heterocycles. The predicted molar refractivity (Wildman–Crippen MR) is 84.6 cm³/mol. The van der Waals surface area contributed by atoms with Crippen molar-refractivity contribution in [2.24, 2.45) is 5.92 Å². The van der Waals surface area contributed by atoms with Gasteiger partial charge < -0.3 is 5.32 Å². The first-order valence-electron chi connectivity index (χ1n) is 8.39. The molecule has 2 heteroatoms. The summed E-state index contributed by atoms with van der Waals surface area (Å²) in [5.74, 6) is 0.840. The van der Waals surface area contributed by atoms with Gasteiger partial charge in [-0.05, 0) is 36.4 Å². The Kier molecular flexibility index (Phi) is 4.74. The number of hydrogen-bond donors (Lipinski definition) is 1. The van der Waals surface area contributed by atoms with E-state index in [1.807, 2.05) is 0 Å². The third kappa shape index (κ3) is 3.24. The number of rotatable bonds is 4. The number of nitrogens with one attached hydrogen (secondary N) is 1. The van der Waals surface area contributed by atoms with E-state index < -0.39 is 0 Å². The van der Waals surface area contributed by atoms with Crippen molar-refractivity contribution in [1.82, 2.24) is 10.2 Å². The maximum absolute atomic E-state index is 3.74. The van der Waals surface area contributed by atoms with Gasteiger partial charge in [-0.3, -0.25) is 4.90 Å². The Bertz CT molecular complexity index is 404. The first-order valence-corrected chi connectivity index (χ1v) is 8.39. The van der Waals surface area contributed by atoms with Gasteiger partial charge in [0.25, 0.3) is 0 Å². The topological polar surface area (TPSA) is 15.3 Å². The van der Waals surface area contributed by atoms with E-state index in [-0.39, 0.29) is 0 Å². The van der Waals surface area contributed by atoms with E-state index in [0.717, 1.165) is 31.6 Å². The maximum atomic E-state index is 3.74. The van der Waals surface area contributed by atoms with E-state index in [2.05, 4.69) is 41.4 Å². The van der Waals surface area contributed by atoms with E-state index in [1.165, 1.54) is 38.6 Å². The minimum atomic E-state index is 0.742. The zero-order valence-corrected chi connectivity index (χ0v) is 12.8. The van der Waals surface area contributed by atoms with Gasteiger partial charge in [0.2, 0.25) is 0 Å². The zero-order chi connectivity index (χ0) is 13.8. The molecule has 2 atom stereocenters. The quantitative estimate of drug-likeness (QED) is 0.843. The molecular weight excluding hydrogens is 244 g/mol. The summed E-state index contributed by atoms with van der Waals surface area (Å²) in [5, 5.41) is 3.74. The minimum Gasteiger partial charge on any atom is -0.314 e. The van der Waals surface area contributed by atoms with Crippen molar-refractivity contribution < 1.29 is 0 Å². The molecule has 0 saturated heterocycles. The fourth-order valence-corrected chi connectivity index (χ4v) is 4.00. The molecule has 2 aliphatic rings. The molecule has 0 spiro atoms. The highest BCUT2D eigenvalue weighted by molar-refractivity contribution is 5.30. The fraction of sp³-hybridized carbons (Fsp3) is 0.667. The van der Waals surface area contributed by atoms with Crippen LogP contribution >= 0.6 is 0 Å². The normalized spacial score (nSPS) is 27.2. The van der Waals surface area contributed by atoms with Crippen LogP contribution in [0, 0.1) is 5.92 Å². The Morgan fingerprint density at radius 3 is 2.45 bits per heavy atom. The summed E-state index contributed by atoms with van der Waals surface area (Å²) in [5.41, 5.74) is 3.09. The second kappa shape index (κ2) is 6.73. The summed E-state index contributed by atoms with van der Waals surface area (Å²) < 4.78 is 0. The van der Waals surface area contributed by atoms with Crippen LogP contribution in [0.4, 0.5) is 0 Å². The molecule has 3 rings (SSSR count). The van der Waals surface area contributed by atoms with Crippen LogP contribution in [0.2, 0.25) is 0 Å². The molecule has 1 saturated carbocycles. The number of fused-ring (bicyclic) bond motifs is 1. The average Bonchev–Trinajstić information content (AvgIpc) is 2.74. The van der Waals surface area contributed by atoms with Gasteiger partial charge in [0.15, 0.2) is 0 Å². The first kappa shape index (κ1) is 14.1. The third-order valence-corrected chi connectivity index (χ3v) is 5.02. The molecule has 0 radical (unpaired) electrons. The Balaban J connectivity index is 1.61. The molecule has 1 aromatic carbocycles. The lowest BCUT2D eigenvalue weighted by Gasteiger charge is -2.29. The minimum absolute atomic E-state index is 0.742. The monoisotopic (exact) mass is 272 g/mol. The molecule has 110 valence electrons. The lowest BCUT2D eigenvalue weighted by atomic mass is 9.94. The van der Waals surface area contributed by atoms with Gasteiger partial charge in [0.05, 0.1) is 0 Å². The molecule has 1 heterocycles. The Morgan fingerprint density at radius 1 is 1.05 bits per heavy atom. The molecule has 1 fully saturated rings. The standard InChI is InChI=1S/C18H28N2/c1-2-19-18-11-5-3-4-10-17(18)14-20-12-15-8-6-7-9-16(15)13-20/h6-9,17-19H,2-5,10-14H2,1H3. The van der Waals surface area contributed by atoms with Gasteiger partial charge in [-0.2, -0.15) is 0 Å². The van der Waals surface area contributed by atoms with E-state index >= 15 is 0 Å². The van der Waals surface area contributed by atoms with Crippen molar-refractivity contribution in [1.29, 1.82) is 0 Å². The molecule has 20 heavy (non-hydrogen) atoms. The van der Waals surface area contributed by atoms with Crippen molar-refractivity contribution in [3.8, 4) is 0 Å². The summed E-state index contributed by atoms with van der Waals surface area (Å²) in [6.45, 7) is 6.94. The lowest BCUT2D eigenvalue weighted by Crippen LogP contribution is -2.40. The van der Waals surface area contributed by atoms with Gasteiger partial charge in [0, 0.05) is 25.7 Å². The van der Waals surface area contributed by atoms with Gasteiger partial charge in [-0.15, -0.1) is 0 Å². The highest BCUT2D eigenvalue weighted by Gasteiger charge is 2.27. The van der Waals surface area contributed by atoms with Crippen molar-refractivity contribution >= 4 is 0 Å². The summed E-state index contributed by atoms with van der Waals surface area (Å²) in [4.78, 5) is 2.66. The van der Waals surface area contributed by atoms with E-state index in [4.69, 9.17) is 0 Å². The summed E-state index contributed by atoms with van der Waals surface area (Å²) in [7, 11) is 0. The van der Waals surface area contributed by atoms with Gasteiger partial charge in [-0.25, -0.2) is 0 Å². The van der Waals surface area contributed by atoms with Gasteiger partial charge in [0.1, 0.15) is 0 Å². The van der Waals surface area contributed by atoms with Crippen molar-refractivity contribution in [3.05, 3.63) is 35.4 Å². The zero-order valence-electron chi connectivity index (χ0n) is 12.8. The molecule has 2 nitrogen and oxygen atoms in total. The highest BCUT2D eigenvalue weighted by atomic mass is 15.1. The van der Waals surface area contributed by atoms with Crippen LogP contribution in [0.5, 0.6) is 0 Å². The Labute approximate surface area is 123 Å². The van der Waals surface area contributed by atoms with Gasteiger partial charge >= 0.3 is 0 Å². The van der Waals surface area contributed by atoms with E-state index in [1.54, 1.807) is 11.1 Å². The van der Waals surface area contributed by atoms with Gasteiger partial charge in [-0.1, -0.05) is 50.5 Å². The van der Waals surface area contributed by atoms with Crippen LogP contribution in [0.15, 0.2) is 24.3 Å². The number of hydrogen-bond acceptors (Lipinski definition) is 2. The Hall–Kier alpha value is -0.860. The van der Waals surface area contributed by atoms with Crippen molar-refractivity contribution in [2.75, 3.05) is 13.1 Å². The maximum Gasteiger partial charge on any atom is 0.0240 e. The summed E-state index contributed by atoms with van der Waals surface area (Å²) >= 11 is 0. The van der Waals surface area contributed by atoms with Crippen molar-refractivity contribution in [3.63, 3.8) is 0 Å². The van der Waals surface area contributed by atoms with Crippen LogP contribution in [-0.2, 0) is 13.1 Å². The molecule has 2 unspecified atom stereocenters. The molecule has 1 aliphatic carbocycles. The molecule has 1 aromatic rings. The summed E-state index contributed by atoms with van der Waals surface area (Å²) in [6.07, 6.45) is 7.05. The first-order chi connectivity index (χ1) is 9.86. The second-order valence-electron chi connectivity index (χ2n) is 6.50. The fourth-order valence-electron chi connectivity index (χ4n) is 4.00. The Morgan fingerprint density at radius 2 is 1.75 bits per heavy atom. The molecule has 0 bridgehead atoms. The highest BCUT2D eigenvalue weighted by Crippen LogP contribution is 2.28. The number of nitrogens with zero attached hydrogens (tertiary/aromatic N) is 1. The average molecular weight is 272 g/mol. The van der Waals surface area contributed by atoms with Crippen LogP contribution in [0.1, 0.15) is 50.2 Å². The largest absolute Gasteiger partial charge is 0.314 e. The van der Waals surface area contributed by atoms with E-state index in [0.29, 0.717) is 0 Å². The smallest absolute Gasteiger partial charge is 0.0240 e. The molecule has 1 N–H and O–H groups in total. The summed E-state index contributed by atoms with van der Waals surface area (Å²) in [6, 6.07) is 9.69. The number of benzene rings is 1. The SMILES string of the molecule is CCNC1CCCCCC1CN1Cc2ccccc2C1. The lowest BCUT2D eigenvalue weighted by molar-refractivity contribution is 0.196. The second-order valence-corrected chi connectivity index (χ2v) is 6.50. The van der Waals surface area contributed by atoms with Crippen LogP contribution in [-0.4, -0.2) is 24.0 Å². The van der Waals surface area contributed by atoms with Crippen LogP contribution < -0.4 is 5.32 Å². The predicted octanol–water partition coefficient (Wildman–Crippen LogP) is 3.56. The molecular formula is C18H28N2. The third-order valence-electron chi connectivity index (χ3n) is 5.02. The van der Waals surface area contributed by atoms with Crippen LogP contribution in [0.25, 0.3) is 0 Å². The molecule has 1 aliphatic heterocycles. The van der Waals surface area contributed by atoms with E-state index in [9.17, 15) is 0 Å². The molecule has 0 amide bonds.